The number of hydrogen-bond donors (Lipinski definition) is 4. The highest BCUT2D eigenvalue weighted by Gasteiger charge is 2.10. The van der Waals surface area contributed by atoms with E-state index in [-0.39, 0.29) is 11.6 Å². The second kappa shape index (κ2) is 6.97. The molecule has 0 saturated carbocycles. The minimum Gasteiger partial charge on any atom is -0.478 e. The topological polar surface area (TPSA) is 104 Å². The zero-order chi connectivity index (χ0) is 13.5. The lowest BCUT2D eigenvalue weighted by atomic mass is 10.2. The van der Waals surface area contributed by atoms with Crippen LogP contribution in [0.3, 0.4) is 0 Å². The molecule has 0 atom stereocenters. The van der Waals surface area contributed by atoms with Crippen molar-refractivity contribution in [3.05, 3.63) is 28.2 Å². The van der Waals surface area contributed by atoms with Crippen molar-refractivity contribution in [2.75, 3.05) is 18.4 Å². The number of nitrogens with one attached hydrogen (secondary N) is 2. The van der Waals surface area contributed by atoms with Crippen LogP contribution < -0.4 is 16.4 Å². The third-order valence-corrected chi connectivity index (χ3v) is 2.81. The Morgan fingerprint density at radius 1 is 1.39 bits per heavy atom. The number of carboxylic acid groups (broad SMARTS) is 1. The van der Waals surface area contributed by atoms with E-state index in [4.69, 9.17) is 10.8 Å². The summed E-state index contributed by atoms with van der Waals surface area (Å²) in [5.41, 5.74) is 5.80. The lowest BCUT2D eigenvalue weighted by molar-refractivity contribution is 0.0696. The van der Waals surface area contributed by atoms with Gasteiger partial charge in [0.15, 0.2) is 0 Å². The molecule has 1 rings (SSSR count). The second-order valence-electron chi connectivity index (χ2n) is 3.52. The number of carbonyl (C=O) groups is 2. The van der Waals surface area contributed by atoms with Crippen LogP contribution in [-0.4, -0.2) is 30.2 Å². The van der Waals surface area contributed by atoms with Gasteiger partial charge in [-0.2, -0.15) is 0 Å². The van der Waals surface area contributed by atoms with Gasteiger partial charge in [-0.3, -0.25) is 0 Å². The smallest absolute Gasteiger partial charge is 0.336 e. The number of benzene rings is 1. The first kappa shape index (κ1) is 14.5. The fourth-order valence-electron chi connectivity index (χ4n) is 1.25. The van der Waals surface area contributed by atoms with Crippen molar-refractivity contribution in [2.45, 2.75) is 6.42 Å². The van der Waals surface area contributed by atoms with Crippen molar-refractivity contribution in [1.29, 1.82) is 0 Å². The molecule has 0 aliphatic carbocycles. The van der Waals surface area contributed by atoms with Crippen LogP contribution in [0.5, 0.6) is 0 Å². The number of amides is 2. The van der Waals surface area contributed by atoms with Gasteiger partial charge in [-0.1, -0.05) is 0 Å². The second-order valence-corrected chi connectivity index (χ2v) is 4.38. The standard InChI is InChI=1S/C11H14BrN3O3/c12-9-3-2-7(6-8(9)10(16)17)15-11(18)14-5-1-4-13/h2-3,6H,1,4-5,13H2,(H,16,17)(H2,14,15,18). The average molecular weight is 316 g/mol. The van der Waals surface area contributed by atoms with Gasteiger partial charge in [0.2, 0.25) is 0 Å². The Bertz CT molecular complexity index is 451. The molecule has 5 N–H and O–H groups in total. The van der Waals surface area contributed by atoms with Crippen molar-refractivity contribution in [3.8, 4) is 0 Å². The summed E-state index contributed by atoms with van der Waals surface area (Å²) in [6, 6.07) is 4.18. The van der Waals surface area contributed by atoms with Crippen LogP contribution in [0, 0.1) is 0 Å². The zero-order valence-corrected chi connectivity index (χ0v) is 11.2. The SMILES string of the molecule is NCCCNC(=O)Nc1ccc(Br)c(C(=O)O)c1. The van der Waals surface area contributed by atoms with E-state index in [1.165, 1.54) is 6.07 Å². The molecule has 0 unspecified atom stereocenters. The first-order valence-electron chi connectivity index (χ1n) is 5.32. The van der Waals surface area contributed by atoms with Crippen molar-refractivity contribution in [2.24, 2.45) is 5.73 Å². The van der Waals surface area contributed by atoms with Gasteiger partial charge in [0.25, 0.3) is 0 Å². The number of carbonyl (C=O) groups excluding carboxylic acids is 1. The molecule has 0 aliphatic heterocycles. The maximum Gasteiger partial charge on any atom is 0.336 e. The Hall–Kier alpha value is -1.60. The van der Waals surface area contributed by atoms with E-state index < -0.39 is 5.97 Å². The molecule has 0 saturated heterocycles. The molecule has 0 bridgehead atoms. The molecule has 0 heterocycles. The van der Waals surface area contributed by atoms with E-state index in [0.717, 1.165) is 0 Å². The molecule has 0 radical (unpaired) electrons. The van der Waals surface area contributed by atoms with Crippen LogP contribution in [0.15, 0.2) is 22.7 Å². The minimum absolute atomic E-state index is 0.0924. The van der Waals surface area contributed by atoms with E-state index in [0.29, 0.717) is 29.7 Å². The number of aromatic carboxylic acids is 1. The number of anilines is 1. The third kappa shape index (κ3) is 4.34. The highest BCUT2D eigenvalue weighted by Crippen LogP contribution is 2.21. The predicted octanol–water partition coefficient (Wildman–Crippen LogP) is 1.62. The summed E-state index contributed by atoms with van der Waals surface area (Å²) >= 11 is 3.13. The molecule has 7 heteroatoms. The Morgan fingerprint density at radius 2 is 2.11 bits per heavy atom. The van der Waals surface area contributed by atoms with E-state index in [2.05, 4.69) is 26.6 Å². The molecule has 2 amide bonds. The molecular formula is C11H14BrN3O3. The molecule has 0 spiro atoms. The molecular weight excluding hydrogens is 302 g/mol. The van der Waals surface area contributed by atoms with E-state index in [1.807, 2.05) is 0 Å². The van der Waals surface area contributed by atoms with Crippen LogP contribution in [0.1, 0.15) is 16.8 Å². The highest BCUT2D eigenvalue weighted by atomic mass is 79.9. The summed E-state index contributed by atoms with van der Waals surface area (Å²) in [5, 5.41) is 14.1. The number of hydrogen-bond acceptors (Lipinski definition) is 3. The highest BCUT2D eigenvalue weighted by molar-refractivity contribution is 9.10. The summed E-state index contributed by atoms with van der Waals surface area (Å²) < 4.78 is 0.462. The predicted molar refractivity (Wildman–Crippen MR) is 71.8 cm³/mol. The first-order valence-corrected chi connectivity index (χ1v) is 6.11. The van der Waals surface area contributed by atoms with Crippen molar-refractivity contribution in [1.82, 2.24) is 5.32 Å². The Kier molecular flexibility index (Phi) is 5.60. The molecule has 0 aromatic heterocycles. The summed E-state index contributed by atoms with van der Waals surface area (Å²) in [6.07, 6.45) is 0.689. The summed E-state index contributed by atoms with van der Waals surface area (Å²) in [6.45, 7) is 0.979. The van der Waals surface area contributed by atoms with Gasteiger partial charge >= 0.3 is 12.0 Å². The number of carboxylic acids is 1. The van der Waals surface area contributed by atoms with Crippen LogP contribution >= 0.6 is 15.9 Å². The molecule has 98 valence electrons. The van der Waals surface area contributed by atoms with Crippen LogP contribution in [0.2, 0.25) is 0 Å². The fraction of sp³-hybridized carbons (Fsp3) is 0.273. The van der Waals surface area contributed by atoms with Gasteiger partial charge in [-0.05, 0) is 47.1 Å². The van der Waals surface area contributed by atoms with Gasteiger partial charge in [0.1, 0.15) is 0 Å². The molecule has 0 aliphatic rings. The molecule has 1 aromatic carbocycles. The molecule has 0 fully saturated rings. The molecule has 18 heavy (non-hydrogen) atoms. The maximum atomic E-state index is 11.4. The van der Waals surface area contributed by atoms with Gasteiger partial charge in [0, 0.05) is 16.7 Å². The summed E-state index contributed by atoms with van der Waals surface area (Å²) in [4.78, 5) is 22.3. The van der Waals surface area contributed by atoms with Gasteiger partial charge in [-0.15, -0.1) is 0 Å². The lowest BCUT2D eigenvalue weighted by Gasteiger charge is -2.08. The number of urea groups is 1. The molecule has 6 nitrogen and oxygen atoms in total. The van der Waals surface area contributed by atoms with E-state index in [1.54, 1.807) is 12.1 Å². The normalized spacial score (nSPS) is 9.89. The first-order chi connectivity index (χ1) is 8.54. The van der Waals surface area contributed by atoms with Gasteiger partial charge in [-0.25, -0.2) is 9.59 Å². The number of halogens is 1. The fourth-order valence-corrected chi connectivity index (χ4v) is 1.66. The van der Waals surface area contributed by atoms with E-state index >= 15 is 0 Å². The van der Waals surface area contributed by atoms with Gasteiger partial charge < -0.3 is 21.5 Å². The quantitative estimate of drug-likeness (QED) is 0.620. The zero-order valence-electron chi connectivity index (χ0n) is 9.57. The van der Waals surface area contributed by atoms with Crippen LogP contribution in [0.25, 0.3) is 0 Å². The Labute approximate surface area is 113 Å². The van der Waals surface area contributed by atoms with Gasteiger partial charge in [0.05, 0.1) is 5.56 Å². The van der Waals surface area contributed by atoms with Crippen molar-refractivity contribution in [3.63, 3.8) is 0 Å². The van der Waals surface area contributed by atoms with Crippen molar-refractivity contribution < 1.29 is 14.7 Å². The Balaban J connectivity index is 2.65. The summed E-state index contributed by atoms with van der Waals surface area (Å²) in [7, 11) is 0. The lowest BCUT2D eigenvalue weighted by Crippen LogP contribution is -2.30. The minimum atomic E-state index is -1.06. The molecule has 1 aromatic rings. The van der Waals surface area contributed by atoms with Crippen molar-refractivity contribution >= 4 is 33.6 Å². The largest absolute Gasteiger partial charge is 0.478 e. The van der Waals surface area contributed by atoms with E-state index in [9.17, 15) is 9.59 Å². The third-order valence-electron chi connectivity index (χ3n) is 2.12. The average Bonchev–Trinajstić information content (AvgIpc) is 2.31. The van der Waals surface area contributed by atoms with Crippen LogP contribution in [0.4, 0.5) is 10.5 Å². The summed E-state index contributed by atoms with van der Waals surface area (Å²) in [5.74, 6) is -1.06. The maximum absolute atomic E-state index is 11.4. The number of rotatable bonds is 5. The Morgan fingerprint density at radius 3 is 2.72 bits per heavy atom. The number of nitrogens with two attached hydrogens (primary N) is 1. The monoisotopic (exact) mass is 315 g/mol. The van der Waals surface area contributed by atoms with Crippen LogP contribution in [-0.2, 0) is 0 Å².